The lowest BCUT2D eigenvalue weighted by Crippen LogP contribution is -3.13. The maximum absolute atomic E-state index is 4.83. The Morgan fingerprint density at radius 3 is 2.40 bits per heavy atom. The van der Waals surface area contributed by atoms with E-state index in [4.69, 9.17) is 5.10 Å². The van der Waals surface area contributed by atoms with Crippen molar-refractivity contribution in [3.05, 3.63) is 69.2 Å². The monoisotopic (exact) mass is 400 g/mol. The third kappa shape index (κ3) is 4.93. The summed E-state index contributed by atoms with van der Waals surface area (Å²) in [5.74, 6) is 0. The molecule has 2 aromatic carbocycles. The number of aryl methyl sites for hydroxylation is 2. The van der Waals surface area contributed by atoms with Crippen LogP contribution in [-0.2, 0) is 6.54 Å². The van der Waals surface area contributed by atoms with E-state index in [1.807, 2.05) is 0 Å². The third-order valence-corrected chi connectivity index (χ3v) is 5.47. The first-order chi connectivity index (χ1) is 12.0. The van der Waals surface area contributed by atoms with Crippen molar-refractivity contribution < 1.29 is 4.90 Å². The molecule has 0 bridgehead atoms. The van der Waals surface area contributed by atoms with Crippen LogP contribution in [0.3, 0.4) is 0 Å². The third-order valence-electron chi connectivity index (χ3n) is 4.94. The molecule has 0 atom stereocenters. The Hall–Kier alpha value is -1.65. The molecule has 1 saturated heterocycles. The number of piperazine rings is 1. The van der Waals surface area contributed by atoms with Gasteiger partial charge in [-0.1, -0.05) is 51.8 Å². The first-order valence-electron chi connectivity index (χ1n) is 8.97. The molecule has 1 aliphatic rings. The summed E-state index contributed by atoms with van der Waals surface area (Å²) in [6, 6.07) is 15.2. The van der Waals surface area contributed by atoms with Gasteiger partial charge in [0.25, 0.3) is 0 Å². The van der Waals surface area contributed by atoms with Crippen LogP contribution in [0, 0.1) is 13.8 Å². The fraction of sp³-hybridized carbons (Fsp3) is 0.381. The van der Waals surface area contributed by atoms with Crippen molar-refractivity contribution in [1.82, 2.24) is 5.01 Å². The Bertz CT molecular complexity index is 744. The van der Waals surface area contributed by atoms with Gasteiger partial charge in [0.1, 0.15) is 6.54 Å². The van der Waals surface area contributed by atoms with Crippen molar-refractivity contribution in [2.24, 2.45) is 5.10 Å². The van der Waals surface area contributed by atoms with E-state index in [0.717, 1.165) is 42.9 Å². The minimum atomic E-state index is 1.02. The second-order valence-electron chi connectivity index (χ2n) is 7.00. The normalized spacial score (nSPS) is 16.3. The van der Waals surface area contributed by atoms with Crippen LogP contribution in [0.5, 0.6) is 0 Å². The van der Waals surface area contributed by atoms with Gasteiger partial charge in [0, 0.05) is 10.0 Å². The molecule has 0 spiro atoms. The molecule has 3 nitrogen and oxygen atoms in total. The molecular formula is C21H27BrN3+. The number of hydrazone groups is 1. The molecule has 132 valence electrons. The maximum Gasteiger partial charge on any atom is 0.103 e. The summed E-state index contributed by atoms with van der Waals surface area (Å²) in [6.07, 6.45) is 0. The molecule has 0 unspecified atom stereocenters. The Balaban J connectivity index is 1.56. The maximum atomic E-state index is 4.83. The summed E-state index contributed by atoms with van der Waals surface area (Å²) >= 11 is 3.48. The molecule has 1 aliphatic heterocycles. The van der Waals surface area contributed by atoms with Gasteiger partial charge in [-0.25, -0.2) is 0 Å². The zero-order valence-corrected chi connectivity index (χ0v) is 16.9. The van der Waals surface area contributed by atoms with E-state index < -0.39 is 0 Å². The molecular weight excluding hydrogens is 374 g/mol. The number of benzene rings is 2. The van der Waals surface area contributed by atoms with Crippen LogP contribution >= 0.6 is 15.9 Å². The second-order valence-corrected chi connectivity index (χ2v) is 7.92. The van der Waals surface area contributed by atoms with E-state index in [1.54, 1.807) is 4.90 Å². The van der Waals surface area contributed by atoms with Crippen molar-refractivity contribution in [2.75, 3.05) is 26.2 Å². The largest absolute Gasteiger partial charge is 0.328 e. The number of hydrogen-bond donors (Lipinski definition) is 1. The first kappa shape index (κ1) is 18.2. The number of hydrogen-bond acceptors (Lipinski definition) is 2. The number of nitrogens with zero attached hydrogens (tertiary/aromatic N) is 2. The van der Waals surface area contributed by atoms with Gasteiger partial charge >= 0.3 is 0 Å². The SMILES string of the molecule is C/C(=N/N1CC[NH+](Cc2ccc(C)cc2C)CC1)c1ccc(Br)cc1. The van der Waals surface area contributed by atoms with Crippen LogP contribution in [-0.4, -0.2) is 36.9 Å². The van der Waals surface area contributed by atoms with E-state index in [0.29, 0.717) is 0 Å². The van der Waals surface area contributed by atoms with E-state index in [-0.39, 0.29) is 0 Å². The lowest BCUT2D eigenvalue weighted by molar-refractivity contribution is -0.918. The Kier molecular flexibility index (Phi) is 5.92. The predicted octanol–water partition coefficient (Wildman–Crippen LogP) is 3.19. The topological polar surface area (TPSA) is 20.0 Å². The van der Waals surface area contributed by atoms with E-state index in [1.165, 1.54) is 22.3 Å². The summed E-state index contributed by atoms with van der Waals surface area (Å²) in [4.78, 5) is 1.65. The number of rotatable bonds is 4. The minimum absolute atomic E-state index is 1.02. The van der Waals surface area contributed by atoms with E-state index in [9.17, 15) is 0 Å². The number of halogens is 1. The Morgan fingerprint density at radius 1 is 1.08 bits per heavy atom. The summed E-state index contributed by atoms with van der Waals surface area (Å²) < 4.78 is 1.10. The van der Waals surface area contributed by atoms with Crippen LogP contribution in [0.2, 0.25) is 0 Å². The highest BCUT2D eigenvalue weighted by Gasteiger charge is 2.19. The average molecular weight is 401 g/mol. The summed E-state index contributed by atoms with van der Waals surface area (Å²) in [5, 5.41) is 7.05. The van der Waals surface area contributed by atoms with Gasteiger partial charge in [-0.3, -0.25) is 5.01 Å². The van der Waals surface area contributed by atoms with Crippen molar-refractivity contribution in [1.29, 1.82) is 0 Å². The highest BCUT2D eigenvalue weighted by atomic mass is 79.9. The van der Waals surface area contributed by atoms with Gasteiger partial charge in [0.15, 0.2) is 0 Å². The van der Waals surface area contributed by atoms with Crippen LogP contribution in [0.4, 0.5) is 0 Å². The summed E-state index contributed by atoms with van der Waals surface area (Å²) in [5.41, 5.74) is 6.51. The van der Waals surface area contributed by atoms with Crippen LogP contribution in [0.1, 0.15) is 29.2 Å². The Labute approximate surface area is 159 Å². The van der Waals surface area contributed by atoms with E-state index in [2.05, 4.69) is 84.2 Å². The van der Waals surface area contributed by atoms with Crippen molar-refractivity contribution in [3.63, 3.8) is 0 Å². The van der Waals surface area contributed by atoms with Gasteiger partial charge in [-0.05, 0) is 44.0 Å². The molecule has 4 heteroatoms. The van der Waals surface area contributed by atoms with Gasteiger partial charge in [-0.2, -0.15) is 5.10 Å². The number of quaternary nitrogens is 1. The molecule has 0 aromatic heterocycles. The van der Waals surface area contributed by atoms with Crippen LogP contribution in [0.15, 0.2) is 52.0 Å². The fourth-order valence-electron chi connectivity index (χ4n) is 3.36. The molecule has 1 N–H and O–H groups in total. The first-order valence-corrected chi connectivity index (χ1v) is 9.76. The number of nitrogens with one attached hydrogen (secondary N) is 1. The molecule has 2 aromatic rings. The Morgan fingerprint density at radius 2 is 1.76 bits per heavy atom. The molecule has 1 fully saturated rings. The zero-order chi connectivity index (χ0) is 17.8. The van der Waals surface area contributed by atoms with Crippen molar-refractivity contribution >= 4 is 21.6 Å². The molecule has 0 aliphatic carbocycles. The van der Waals surface area contributed by atoms with E-state index >= 15 is 0 Å². The minimum Gasteiger partial charge on any atom is -0.328 e. The quantitative estimate of drug-likeness (QED) is 0.781. The molecule has 3 rings (SSSR count). The molecule has 0 amide bonds. The van der Waals surface area contributed by atoms with Crippen molar-refractivity contribution in [2.45, 2.75) is 27.3 Å². The van der Waals surface area contributed by atoms with Crippen LogP contribution < -0.4 is 4.90 Å². The molecule has 1 heterocycles. The van der Waals surface area contributed by atoms with Gasteiger partial charge < -0.3 is 4.90 Å². The lowest BCUT2D eigenvalue weighted by Gasteiger charge is -2.31. The van der Waals surface area contributed by atoms with Gasteiger partial charge in [0.2, 0.25) is 0 Å². The zero-order valence-electron chi connectivity index (χ0n) is 15.3. The van der Waals surface area contributed by atoms with Crippen molar-refractivity contribution in [3.8, 4) is 0 Å². The second kappa shape index (κ2) is 8.15. The molecule has 25 heavy (non-hydrogen) atoms. The average Bonchev–Trinajstić information content (AvgIpc) is 2.59. The van der Waals surface area contributed by atoms with Gasteiger partial charge in [-0.15, -0.1) is 0 Å². The molecule has 0 radical (unpaired) electrons. The van der Waals surface area contributed by atoms with Gasteiger partial charge in [0.05, 0.1) is 31.9 Å². The highest BCUT2D eigenvalue weighted by Crippen LogP contribution is 2.12. The fourth-order valence-corrected chi connectivity index (χ4v) is 3.63. The molecule has 0 saturated carbocycles. The highest BCUT2D eigenvalue weighted by molar-refractivity contribution is 9.10. The smallest absolute Gasteiger partial charge is 0.103 e. The summed E-state index contributed by atoms with van der Waals surface area (Å²) in [7, 11) is 0. The lowest BCUT2D eigenvalue weighted by atomic mass is 10.1. The standard InChI is InChI=1S/C21H26BrN3/c1-16-4-5-20(17(2)14-16)15-24-10-12-25(13-11-24)23-18(3)19-6-8-21(22)9-7-19/h4-9,14H,10-13,15H2,1-3H3/p+1/b23-18-. The van der Waals surface area contributed by atoms with Crippen LogP contribution in [0.25, 0.3) is 0 Å². The predicted molar refractivity (Wildman–Crippen MR) is 108 cm³/mol. The summed E-state index contributed by atoms with van der Waals surface area (Å²) in [6.45, 7) is 11.9.